The minimum atomic E-state index is -0.328. The summed E-state index contributed by atoms with van der Waals surface area (Å²) in [6.07, 6.45) is 3.24. The lowest BCUT2D eigenvalue weighted by Gasteiger charge is -2.32. The molecule has 1 saturated heterocycles. The summed E-state index contributed by atoms with van der Waals surface area (Å²) in [7, 11) is 0. The summed E-state index contributed by atoms with van der Waals surface area (Å²) >= 11 is 0. The Kier molecular flexibility index (Phi) is 6.93. The summed E-state index contributed by atoms with van der Waals surface area (Å²) < 4.78 is 5.20. The Morgan fingerprint density at radius 1 is 1.16 bits per heavy atom. The molecule has 1 aliphatic rings. The van der Waals surface area contributed by atoms with Crippen LogP contribution in [0.25, 0.3) is 11.5 Å². The van der Waals surface area contributed by atoms with E-state index in [2.05, 4.69) is 57.6 Å². The molecule has 0 spiro atoms. The van der Waals surface area contributed by atoms with Crippen LogP contribution in [0, 0.1) is 24.2 Å². The molecule has 0 saturated carbocycles. The summed E-state index contributed by atoms with van der Waals surface area (Å²) in [6, 6.07) is 17.6. The van der Waals surface area contributed by atoms with Crippen LogP contribution in [-0.4, -0.2) is 40.6 Å². The van der Waals surface area contributed by atoms with Crippen molar-refractivity contribution in [3.8, 4) is 17.5 Å². The van der Waals surface area contributed by atoms with Crippen LogP contribution in [0.2, 0.25) is 0 Å². The lowest BCUT2D eigenvalue weighted by molar-refractivity contribution is 0.0934. The molecule has 32 heavy (non-hydrogen) atoms. The summed E-state index contributed by atoms with van der Waals surface area (Å²) in [4.78, 5) is 19.0. The van der Waals surface area contributed by atoms with E-state index in [1.165, 1.54) is 11.1 Å². The van der Waals surface area contributed by atoms with Crippen molar-refractivity contribution in [2.24, 2.45) is 5.92 Å². The van der Waals surface area contributed by atoms with Crippen LogP contribution in [0.3, 0.4) is 0 Å². The monoisotopic (exact) mass is 429 g/mol. The van der Waals surface area contributed by atoms with Crippen molar-refractivity contribution >= 4 is 5.91 Å². The lowest BCUT2D eigenvalue weighted by atomic mass is 9.93. The number of carbonyl (C=O) groups excluding carboxylic acids is 1. The lowest BCUT2D eigenvalue weighted by Crippen LogP contribution is -2.35. The molecule has 2 aromatic carbocycles. The maximum Gasteiger partial charge on any atom is 0.292 e. The van der Waals surface area contributed by atoms with Crippen LogP contribution in [0.1, 0.15) is 46.6 Å². The van der Waals surface area contributed by atoms with Gasteiger partial charge in [-0.1, -0.05) is 35.0 Å². The van der Waals surface area contributed by atoms with Crippen LogP contribution in [0.5, 0.6) is 0 Å². The predicted molar refractivity (Wildman–Crippen MR) is 121 cm³/mol. The third-order valence-corrected chi connectivity index (χ3v) is 5.96. The van der Waals surface area contributed by atoms with Crippen LogP contribution in [-0.2, 0) is 6.54 Å². The highest BCUT2D eigenvalue weighted by Crippen LogP contribution is 2.22. The molecule has 0 atom stereocenters. The number of amides is 1. The van der Waals surface area contributed by atoms with Crippen molar-refractivity contribution in [3.63, 3.8) is 0 Å². The van der Waals surface area contributed by atoms with E-state index < -0.39 is 0 Å². The third-order valence-electron chi connectivity index (χ3n) is 5.96. The molecular formula is C25H27N5O2. The second kappa shape index (κ2) is 10.2. The first-order valence-corrected chi connectivity index (χ1v) is 11.0. The Balaban J connectivity index is 1.19. The van der Waals surface area contributed by atoms with Gasteiger partial charge in [-0.3, -0.25) is 9.69 Å². The minimum Gasteiger partial charge on any atom is -0.349 e. The van der Waals surface area contributed by atoms with E-state index in [0.29, 0.717) is 23.6 Å². The molecule has 1 aromatic heterocycles. The highest BCUT2D eigenvalue weighted by Gasteiger charge is 2.20. The molecule has 2 heterocycles. The standard InChI is InChI=1S/C25H27N5O2/c1-18-2-4-21(5-3-18)17-30-14-11-19(12-15-30)10-13-27-24(31)23-28-25(32-29-23)22-8-6-20(16-26)7-9-22/h2-9,19H,10-15,17H2,1H3,(H,27,31). The Labute approximate surface area is 188 Å². The molecule has 1 aliphatic heterocycles. The quantitative estimate of drug-likeness (QED) is 0.611. The predicted octanol–water partition coefficient (Wildman–Crippen LogP) is 3.95. The van der Waals surface area contributed by atoms with Crippen molar-refractivity contribution in [2.75, 3.05) is 19.6 Å². The average molecular weight is 430 g/mol. The number of benzene rings is 2. The summed E-state index contributed by atoms with van der Waals surface area (Å²) in [5.74, 6) is 0.576. The van der Waals surface area contributed by atoms with Crippen LogP contribution in [0.4, 0.5) is 0 Å². The Hall–Kier alpha value is -3.50. The molecule has 0 bridgehead atoms. The second-order valence-electron chi connectivity index (χ2n) is 8.36. The molecule has 4 rings (SSSR count). The summed E-state index contributed by atoms with van der Waals surface area (Å²) in [5, 5.41) is 15.6. The minimum absolute atomic E-state index is 0.0253. The van der Waals surface area contributed by atoms with Gasteiger partial charge in [0.15, 0.2) is 0 Å². The van der Waals surface area contributed by atoms with Gasteiger partial charge in [-0.25, -0.2) is 0 Å². The van der Waals surface area contributed by atoms with Gasteiger partial charge in [0, 0.05) is 18.7 Å². The first-order chi connectivity index (χ1) is 15.6. The molecule has 7 nitrogen and oxygen atoms in total. The third kappa shape index (κ3) is 5.59. The van der Waals surface area contributed by atoms with Gasteiger partial charge in [0.1, 0.15) is 0 Å². The fourth-order valence-electron chi connectivity index (χ4n) is 3.97. The maximum atomic E-state index is 12.4. The molecule has 7 heteroatoms. The van der Waals surface area contributed by atoms with E-state index >= 15 is 0 Å². The van der Waals surface area contributed by atoms with Crippen molar-refractivity contribution in [2.45, 2.75) is 32.7 Å². The van der Waals surface area contributed by atoms with Crippen LogP contribution >= 0.6 is 0 Å². The highest BCUT2D eigenvalue weighted by molar-refractivity contribution is 5.90. The fraction of sp³-hybridized carbons (Fsp3) is 0.360. The first kappa shape index (κ1) is 21.7. The molecule has 3 aromatic rings. The number of nitrogens with zero attached hydrogens (tertiary/aromatic N) is 4. The van der Waals surface area contributed by atoms with Gasteiger partial charge in [-0.05, 0) is 75.0 Å². The van der Waals surface area contributed by atoms with Gasteiger partial charge in [0.2, 0.25) is 0 Å². The van der Waals surface area contributed by atoms with E-state index in [9.17, 15) is 4.79 Å². The number of nitriles is 1. The van der Waals surface area contributed by atoms with E-state index in [1.54, 1.807) is 24.3 Å². The van der Waals surface area contributed by atoms with Gasteiger partial charge < -0.3 is 9.84 Å². The average Bonchev–Trinajstić information content (AvgIpc) is 3.32. The van der Waals surface area contributed by atoms with Crippen molar-refractivity contribution in [1.29, 1.82) is 5.26 Å². The van der Waals surface area contributed by atoms with Crippen LogP contribution < -0.4 is 5.32 Å². The van der Waals surface area contributed by atoms with Crippen molar-refractivity contribution in [1.82, 2.24) is 20.4 Å². The first-order valence-electron chi connectivity index (χ1n) is 11.0. The number of aryl methyl sites for hydroxylation is 1. The van der Waals surface area contributed by atoms with Gasteiger partial charge in [0.05, 0.1) is 11.6 Å². The zero-order valence-electron chi connectivity index (χ0n) is 18.3. The highest BCUT2D eigenvalue weighted by atomic mass is 16.5. The maximum absolute atomic E-state index is 12.4. The zero-order valence-corrected chi connectivity index (χ0v) is 18.3. The van der Waals surface area contributed by atoms with Crippen LogP contribution in [0.15, 0.2) is 53.1 Å². The van der Waals surface area contributed by atoms with Gasteiger partial charge in [-0.2, -0.15) is 10.2 Å². The van der Waals surface area contributed by atoms with E-state index in [0.717, 1.165) is 38.9 Å². The second-order valence-corrected chi connectivity index (χ2v) is 8.36. The molecule has 164 valence electrons. The molecule has 0 radical (unpaired) electrons. The Morgan fingerprint density at radius 2 is 1.88 bits per heavy atom. The Morgan fingerprint density at radius 3 is 2.56 bits per heavy atom. The summed E-state index contributed by atoms with van der Waals surface area (Å²) in [5.41, 5.74) is 3.88. The van der Waals surface area contributed by atoms with E-state index in [1.807, 2.05) is 0 Å². The van der Waals surface area contributed by atoms with E-state index in [4.69, 9.17) is 9.78 Å². The smallest absolute Gasteiger partial charge is 0.292 e. The molecule has 1 N–H and O–H groups in total. The number of carbonyl (C=O) groups is 1. The fourth-order valence-corrected chi connectivity index (χ4v) is 3.97. The molecule has 1 fully saturated rings. The number of hydrogen-bond acceptors (Lipinski definition) is 6. The Bertz CT molecular complexity index is 1070. The number of likely N-dealkylation sites (tertiary alicyclic amines) is 1. The van der Waals surface area contributed by atoms with Crippen molar-refractivity contribution < 1.29 is 9.32 Å². The molecule has 0 unspecified atom stereocenters. The largest absolute Gasteiger partial charge is 0.349 e. The molecule has 1 amide bonds. The SMILES string of the molecule is Cc1ccc(CN2CCC(CCNC(=O)c3noc(-c4ccc(C#N)cc4)n3)CC2)cc1. The van der Waals surface area contributed by atoms with Gasteiger partial charge >= 0.3 is 0 Å². The van der Waals surface area contributed by atoms with Gasteiger partial charge in [-0.15, -0.1) is 0 Å². The topological polar surface area (TPSA) is 95.0 Å². The summed E-state index contributed by atoms with van der Waals surface area (Å²) in [6.45, 7) is 5.89. The number of rotatable bonds is 7. The number of hydrogen-bond donors (Lipinski definition) is 1. The van der Waals surface area contributed by atoms with Gasteiger partial charge in [0.25, 0.3) is 17.6 Å². The van der Waals surface area contributed by atoms with E-state index in [-0.39, 0.29) is 17.6 Å². The number of aromatic nitrogens is 2. The normalized spacial score (nSPS) is 14.8. The molecule has 0 aliphatic carbocycles. The van der Waals surface area contributed by atoms with Crippen molar-refractivity contribution in [3.05, 3.63) is 71.0 Å². The zero-order chi connectivity index (χ0) is 22.3. The molecular weight excluding hydrogens is 402 g/mol. The number of nitrogens with one attached hydrogen (secondary N) is 1. The number of piperidine rings is 1.